The van der Waals surface area contributed by atoms with E-state index < -0.39 is 6.10 Å². The Kier molecular flexibility index (Phi) is 7.90. The van der Waals surface area contributed by atoms with Crippen molar-refractivity contribution < 1.29 is 19.4 Å². The van der Waals surface area contributed by atoms with Gasteiger partial charge in [0.2, 0.25) is 5.91 Å². The second-order valence-corrected chi connectivity index (χ2v) is 8.47. The molecule has 2 aromatic rings. The highest BCUT2D eigenvalue weighted by Gasteiger charge is 2.32. The maximum absolute atomic E-state index is 13.2. The maximum Gasteiger partial charge on any atom is 0.237 e. The highest BCUT2D eigenvalue weighted by molar-refractivity contribution is 7.10. The number of aliphatic hydroxyl groups is 1. The van der Waals surface area contributed by atoms with Crippen LogP contribution in [0.3, 0.4) is 0 Å². The molecular formula is C23H30N2O4S. The number of aliphatic hydroxyl groups excluding tert-OH is 1. The van der Waals surface area contributed by atoms with Crippen molar-refractivity contribution in [1.29, 1.82) is 0 Å². The molecule has 1 aliphatic heterocycles. The summed E-state index contributed by atoms with van der Waals surface area (Å²) in [6.45, 7) is 7.78. The van der Waals surface area contributed by atoms with Crippen molar-refractivity contribution in [3.05, 3.63) is 58.8 Å². The van der Waals surface area contributed by atoms with Gasteiger partial charge in [0.1, 0.15) is 18.1 Å². The molecule has 0 unspecified atom stereocenters. The van der Waals surface area contributed by atoms with Crippen LogP contribution in [-0.2, 0) is 11.2 Å². The normalized spacial score (nSPS) is 16.8. The Morgan fingerprint density at radius 2 is 2.10 bits per heavy atom. The second-order valence-electron chi connectivity index (χ2n) is 7.47. The van der Waals surface area contributed by atoms with E-state index in [1.807, 2.05) is 34.1 Å². The topological polar surface area (TPSA) is 62.2 Å². The van der Waals surface area contributed by atoms with Crippen LogP contribution in [-0.4, -0.2) is 66.8 Å². The first-order valence-corrected chi connectivity index (χ1v) is 11.0. The Balaban J connectivity index is 1.72. The zero-order valence-electron chi connectivity index (χ0n) is 17.6. The summed E-state index contributed by atoms with van der Waals surface area (Å²) in [5, 5.41) is 11.8. The fraction of sp³-hybridized carbons (Fsp3) is 0.435. The molecule has 7 heteroatoms. The number of rotatable bonds is 10. The molecule has 1 amide bonds. The molecule has 1 aliphatic rings. The molecule has 162 valence electrons. The highest BCUT2D eigenvalue weighted by atomic mass is 32.1. The van der Waals surface area contributed by atoms with Crippen molar-refractivity contribution in [3.63, 3.8) is 0 Å². The van der Waals surface area contributed by atoms with E-state index in [4.69, 9.17) is 9.47 Å². The van der Waals surface area contributed by atoms with Gasteiger partial charge in [0.05, 0.1) is 25.8 Å². The summed E-state index contributed by atoms with van der Waals surface area (Å²) in [6.07, 6.45) is 2.11. The molecule has 6 nitrogen and oxygen atoms in total. The van der Waals surface area contributed by atoms with Crippen LogP contribution >= 0.6 is 11.3 Å². The first kappa shape index (κ1) is 22.3. The van der Waals surface area contributed by atoms with Gasteiger partial charge in [-0.3, -0.25) is 9.69 Å². The third-order valence-electron chi connectivity index (χ3n) is 5.15. The number of fused-ring (bicyclic) bond motifs is 1. The predicted molar refractivity (Wildman–Crippen MR) is 119 cm³/mol. The number of hydrogen-bond donors (Lipinski definition) is 1. The predicted octanol–water partition coefficient (Wildman–Crippen LogP) is 3.13. The Labute approximate surface area is 182 Å². The molecule has 0 radical (unpaired) electrons. The molecule has 0 aliphatic carbocycles. The minimum absolute atomic E-state index is 0.0395. The van der Waals surface area contributed by atoms with E-state index in [1.165, 1.54) is 10.4 Å². The average molecular weight is 431 g/mol. The fourth-order valence-corrected chi connectivity index (χ4v) is 4.69. The lowest BCUT2D eigenvalue weighted by atomic mass is 10.0. The Morgan fingerprint density at radius 3 is 2.77 bits per heavy atom. The molecule has 3 rings (SSSR count). The van der Waals surface area contributed by atoms with Crippen LogP contribution in [0, 0.1) is 0 Å². The Morgan fingerprint density at radius 1 is 1.37 bits per heavy atom. The summed E-state index contributed by atoms with van der Waals surface area (Å²) in [6, 6.07) is 9.43. The third-order valence-corrected chi connectivity index (χ3v) is 6.15. The van der Waals surface area contributed by atoms with Crippen LogP contribution in [0.4, 0.5) is 0 Å². The SMILES string of the molecule is C=CCN(CC(=O)N1CCc2sccc2[C@H]1COc1ccc(OC)cc1)C[C@H](C)O. The molecule has 30 heavy (non-hydrogen) atoms. The molecular weight excluding hydrogens is 400 g/mol. The molecule has 2 atom stereocenters. The Hall–Kier alpha value is -2.35. The van der Waals surface area contributed by atoms with E-state index in [0.29, 0.717) is 26.2 Å². The van der Waals surface area contributed by atoms with Gasteiger partial charge in [0.15, 0.2) is 0 Å². The number of amides is 1. The summed E-state index contributed by atoms with van der Waals surface area (Å²) in [5.41, 5.74) is 1.17. The monoisotopic (exact) mass is 430 g/mol. The molecule has 0 bridgehead atoms. The van der Waals surface area contributed by atoms with E-state index in [0.717, 1.165) is 17.9 Å². The number of benzene rings is 1. The summed E-state index contributed by atoms with van der Waals surface area (Å²) in [4.78, 5) is 18.4. The van der Waals surface area contributed by atoms with Gasteiger partial charge in [-0.05, 0) is 54.6 Å². The van der Waals surface area contributed by atoms with Crippen LogP contribution in [0.15, 0.2) is 48.4 Å². The van der Waals surface area contributed by atoms with E-state index in [1.54, 1.807) is 31.4 Å². The summed E-state index contributed by atoms with van der Waals surface area (Å²) < 4.78 is 11.2. The number of nitrogens with zero attached hydrogens (tertiary/aromatic N) is 2. The molecule has 1 aromatic heterocycles. The molecule has 1 aromatic carbocycles. The molecule has 1 N–H and O–H groups in total. The lowest BCUT2D eigenvalue weighted by Crippen LogP contribution is -2.47. The number of carbonyl (C=O) groups excluding carboxylic acids is 1. The van der Waals surface area contributed by atoms with E-state index in [2.05, 4.69) is 18.0 Å². The quantitative estimate of drug-likeness (QED) is 0.587. The first-order valence-electron chi connectivity index (χ1n) is 10.2. The van der Waals surface area contributed by atoms with E-state index in [-0.39, 0.29) is 18.5 Å². The summed E-state index contributed by atoms with van der Waals surface area (Å²) in [5.74, 6) is 1.56. The maximum atomic E-state index is 13.2. The van der Waals surface area contributed by atoms with Gasteiger partial charge in [-0.25, -0.2) is 0 Å². The van der Waals surface area contributed by atoms with Crippen molar-refractivity contribution in [1.82, 2.24) is 9.80 Å². The fourth-order valence-electron chi connectivity index (χ4n) is 3.76. The lowest BCUT2D eigenvalue weighted by molar-refractivity contribution is -0.136. The molecule has 2 heterocycles. The molecule has 0 saturated heterocycles. The van der Waals surface area contributed by atoms with Crippen molar-refractivity contribution >= 4 is 17.2 Å². The zero-order chi connectivity index (χ0) is 21.5. The summed E-state index contributed by atoms with van der Waals surface area (Å²) >= 11 is 1.73. The standard InChI is InChI=1S/C23H30N2O4S/c1-4-11-24(14-17(2)26)15-23(27)25-12-9-22-20(10-13-30-22)21(25)16-29-19-7-5-18(28-3)6-8-19/h4-8,10,13,17,21,26H,1,9,11-12,14-16H2,2-3H3/t17-,21+/m0/s1. The smallest absolute Gasteiger partial charge is 0.237 e. The molecule has 0 saturated carbocycles. The van der Waals surface area contributed by atoms with Crippen LogP contribution < -0.4 is 9.47 Å². The average Bonchev–Trinajstić information content (AvgIpc) is 3.21. The third kappa shape index (κ3) is 5.62. The van der Waals surface area contributed by atoms with Crippen LogP contribution in [0.2, 0.25) is 0 Å². The van der Waals surface area contributed by atoms with Gasteiger partial charge in [0.25, 0.3) is 0 Å². The molecule has 0 fully saturated rings. The van der Waals surface area contributed by atoms with E-state index >= 15 is 0 Å². The minimum atomic E-state index is -0.503. The van der Waals surface area contributed by atoms with Gasteiger partial charge < -0.3 is 19.5 Å². The lowest BCUT2D eigenvalue weighted by Gasteiger charge is -2.37. The van der Waals surface area contributed by atoms with Crippen molar-refractivity contribution in [3.8, 4) is 11.5 Å². The van der Waals surface area contributed by atoms with Gasteiger partial charge >= 0.3 is 0 Å². The zero-order valence-corrected chi connectivity index (χ0v) is 18.4. The largest absolute Gasteiger partial charge is 0.497 e. The summed E-state index contributed by atoms with van der Waals surface area (Å²) in [7, 11) is 1.63. The van der Waals surface area contributed by atoms with Crippen LogP contribution in [0.1, 0.15) is 23.4 Å². The van der Waals surface area contributed by atoms with Gasteiger partial charge in [-0.2, -0.15) is 0 Å². The number of methoxy groups -OCH3 is 1. The van der Waals surface area contributed by atoms with Gasteiger partial charge in [-0.1, -0.05) is 6.08 Å². The minimum Gasteiger partial charge on any atom is -0.497 e. The number of thiophene rings is 1. The van der Waals surface area contributed by atoms with Crippen molar-refractivity contribution in [2.24, 2.45) is 0 Å². The highest BCUT2D eigenvalue weighted by Crippen LogP contribution is 2.34. The van der Waals surface area contributed by atoms with E-state index in [9.17, 15) is 9.90 Å². The molecule has 0 spiro atoms. The van der Waals surface area contributed by atoms with Gasteiger partial charge in [0, 0.05) is 24.5 Å². The number of ether oxygens (including phenoxy) is 2. The van der Waals surface area contributed by atoms with Crippen molar-refractivity contribution in [2.75, 3.05) is 39.9 Å². The Bertz CT molecular complexity index is 834. The first-order chi connectivity index (χ1) is 14.5. The van der Waals surface area contributed by atoms with Crippen LogP contribution in [0.25, 0.3) is 0 Å². The van der Waals surface area contributed by atoms with Crippen molar-refractivity contribution in [2.45, 2.75) is 25.5 Å². The van der Waals surface area contributed by atoms with Crippen LogP contribution in [0.5, 0.6) is 11.5 Å². The second kappa shape index (κ2) is 10.6. The number of hydrogen-bond acceptors (Lipinski definition) is 6. The number of carbonyl (C=O) groups is 1. The van der Waals surface area contributed by atoms with Gasteiger partial charge in [-0.15, -0.1) is 17.9 Å².